The number of ketones is 1. The molecule has 0 bridgehead atoms. The van der Waals surface area contributed by atoms with Crippen molar-refractivity contribution in [2.45, 2.75) is 6.04 Å². The Hall–Kier alpha value is -3.45. The summed E-state index contributed by atoms with van der Waals surface area (Å²) in [5.74, 6) is -0.958. The average Bonchev–Trinajstić information content (AvgIpc) is 3.01. The summed E-state index contributed by atoms with van der Waals surface area (Å²) in [7, 11) is 3.79. The zero-order valence-electron chi connectivity index (χ0n) is 17.1. The van der Waals surface area contributed by atoms with E-state index in [0.29, 0.717) is 36.6 Å². The summed E-state index contributed by atoms with van der Waals surface area (Å²) in [6.07, 6.45) is 4.69. The molecule has 1 N–H and O–H groups in total. The molecule has 7 nitrogen and oxygen atoms in total. The summed E-state index contributed by atoms with van der Waals surface area (Å²) in [6, 6.07) is 9.67. The molecule has 1 amide bonds. The molecular formula is C23H25N3O4. The van der Waals surface area contributed by atoms with Crippen LogP contribution in [0.1, 0.15) is 17.2 Å². The molecule has 0 radical (unpaired) electrons. The molecule has 1 saturated heterocycles. The Balaban J connectivity index is 2.11. The average molecular weight is 407 g/mol. The van der Waals surface area contributed by atoms with Crippen LogP contribution in [0.2, 0.25) is 0 Å². The fourth-order valence-electron chi connectivity index (χ4n) is 3.36. The van der Waals surface area contributed by atoms with Crippen molar-refractivity contribution in [3.05, 3.63) is 78.1 Å². The quantitative estimate of drug-likeness (QED) is 0.314. The molecule has 1 fully saturated rings. The van der Waals surface area contributed by atoms with Gasteiger partial charge >= 0.3 is 0 Å². The highest BCUT2D eigenvalue weighted by atomic mass is 16.5. The number of hydrogen-bond donors (Lipinski definition) is 1. The van der Waals surface area contributed by atoms with E-state index in [1.165, 1.54) is 17.3 Å². The molecule has 7 heteroatoms. The van der Waals surface area contributed by atoms with Crippen LogP contribution in [0, 0.1) is 0 Å². The lowest BCUT2D eigenvalue weighted by atomic mass is 9.95. The van der Waals surface area contributed by atoms with Crippen molar-refractivity contribution in [1.29, 1.82) is 0 Å². The number of aliphatic hydroxyl groups excluding tert-OH is 1. The number of carbonyl (C=O) groups excluding carboxylic acids is 2. The van der Waals surface area contributed by atoms with Gasteiger partial charge in [0.25, 0.3) is 11.7 Å². The highest BCUT2D eigenvalue weighted by Crippen LogP contribution is 2.40. The Morgan fingerprint density at radius 2 is 2.00 bits per heavy atom. The number of Topliss-reactive ketones (excluding diaryl/α,β-unsaturated/α-hetero) is 1. The van der Waals surface area contributed by atoms with Crippen molar-refractivity contribution in [3.63, 3.8) is 0 Å². The predicted octanol–water partition coefficient (Wildman–Crippen LogP) is 2.63. The highest BCUT2D eigenvalue weighted by molar-refractivity contribution is 6.46. The van der Waals surface area contributed by atoms with Crippen molar-refractivity contribution in [1.82, 2.24) is 14.8 Å². The molecule has 1 atom stereocenters. The molecule has 2 heterocycles. The zero-order chi connectivity index (χ0) is 21.7. The van der Waals surface area contributed by atoms with Crippen LogP contribution in [-0.2, 0) is 9.59 Å². The van der Waals surface area contributed by atoms with E-state index >= 15 is 0 Å². The number of benzene rings is 1. The fraction of sp³-hybridized carbons (Fsp3) is 0.261. The van der Waals surface area contributed by atoms with Crippen LogP contribution >= 0.6 is 0 Å². The van der Waals surface area contributed by atoms with E-state index < -0.39 is 17.7 Å². The third-order valence-corrected chi connectivity index (χ3v) is 4.82. The standard InChI is InChI=1S/C23H25N3O4/c1-4-14-30-18-7-5-6-17(15-18)20-19(21(27)16-8-10-24-11-9-16)22(28)23(29)26(20)13-12-25(2)3/h4-11,15,20,27H,1,12-14H2,2-3H3. The van der Waals surface area contributed by atoms with Crippen LogP contribution in [0.5, 0.6) is 5.75 Å². The van der Waals surface area contributed by atoms with Gasteiger partial charge in [0.15, 0.2) is 0 Å². The Bertz CT molecular complexity index is 969. The van der Waals surface area contributed by atoms with Crippen LogP contribution in [0.4, 0.5) is 0 Å². The van der Waals surface area contributed by atoms with Crippen molar-refractivity contribution in [2.24, 2.45) is 0 Å². The Morgan fingerprint density at radius 3 is 2.67 bits per heavy atom. The molecule has 30 heavy (non-hydrogen) atoms. The van der Waals surface area contributed by atoms with Crippen LogP contribution < -0.4 is 4.74 Å². The molecule has 156 valence electrons. The topological polar surface area (TPSA) is 83.0 Å². The summed E-state index contributed by atoms with van der Waals surface area (Å²) < 4.78 is 5.62. The maximum atomic E-state index is 12.9. The first-order chi connectivity index (χ1) is 14.4. The number of aliphatic hydroxyl groups is 1. The fourth-order valence-corrected chi connectivity index (χ4v) is 3.36. The maximum Gasteiger partial charge on any atom is 0.295 e. The monoisotopic (exact) mass is 407 g/mol. The lowest BCUT2D eigenvalue weighted by molar-refractivity contribution is -0.140. The van der Waals surface area contributed by atoms with Crippen molar-refractivity contribution in [3.8, 4) is 5.75 Å². The van der Waals surface area contributed by atoms with E-state index in [0.717, 1.165) is 0 Å². The lowest BCUT2D eigenvalue weighted by Gasteiger charge is -2.26. The Morgan fingerprint density at radius 1 is 1.27 bits per heavy atom. The van der Waals surface area contributed by atoms with Gasteiger partial charge in [-0.2, -0.15) is 0 Å². The minimum absolute atomic E-state index is 0.0610. The lowest BCUT2D eigenvalue weighted by Crippen LogP contribution is -2.35. The van der Waals surface area contributed by atoms with Gasteiger partial charge in [0.05, 0.1) is 11.6 Å². The molecule has 2 aromatic rings. The van der Waals surface area contributed by atoms with E-state index in [2.05, 4.69) is 11.6 Å². The maximum absolute atomic E-state index is 12.9. The van der Waals surface area contributed by atoms with Gasteiger partial charge in [0.2, 0.25) is 0 Å². The van der Waals surface area contributed by atoms with Gasteiger partial charge in [0.1, 0.15) is 18.1 Å². The minimum atomic E-state index is -0.717. The van der Waals surface area contributed by atoms with Crippen molar-refractivity contribution < 1.29 is 19.4 Å². The number of hydrogen-bond acceptors (Lipinski definition) is 6. The Kier molecular flexibility index (Phi) is 6.64. The van der Waals surface area contributed by atoms with E-state index in [4.69, 9.17) is 4.74 Å². The van der Waals surface area contributed by atoms with Gasteiger partial charge in [-0.25, -0.2) is 0 Å². The number of nitrogens with zero attached hydrogens (tertiary/aromatic N) is 3. The summed E-state index contributed by atoms with van der Waals surface area (Å²) in [5, 5.41) is 10.9. The first kappa shape index (κ1) is 21.3. The van der Waals surface area contributed by atoms with Crippen LogP contribution in [0.3, 0.4) is 0 Å². The molecule has 1 aromatic carbocycles. The van der Waals surface area contributed by atoms with E-state index in [1.54, 1.807) is 36.4 Å². The number of rotatable bonds is 8. The summed E-state index contributed by atoms with van der Waals surface area (Å²) in [4.78, 5) is 33.2. The second-order valence-corrected chi connectivity index (χ2v) is 7.20. The molecular weight excluding hydrogens is 382 g/mol. The molecule has 1 aliphatic heterocycles. The van der Waals surface area contributed by atoms with E-state index in [1.807, 2.05) is 25.1 Å². The zero-order valence-corrected chi connectivity index (χ0v) is 17.1. The summed E-state index contributed by atoms with van der Waals surface area (Å²) in [6.45, 7) is 4.89. The number of ether oxygens (including phenoxy) is 1. The molecule has 1 unspecified atom stereocenters. The molecule has 3 rings (SSSR count). The third-order valence-electron chi connectivity index (χ3n) is 4.82. The van der Waals surface area contributed by atoms with Gasteiger partial charge in [-0.3, -0.25) is 14.6 Å². The molecule has 0 spiro atoms. The summed E-state index contributed by atoms with van der Waals surface area (Å²) >= 11 is 0. The summed E-state index contributed by atoms with van der Waals surface area (Å²) in [5.41, 5.74) is 1.18. The SMILES string of the molecule is C=CCOc1cccc(C2C(=C(O)c3ccncc3)C(=O)C(=O)N2CCN(C)C)c1. The van der Waals surface area contributed by atoms with Crippen LogP contribution in [-0.4, -0.2) is 65.4 Å². The first-order valence-electron chi connectivity index (χ1n) is 9.61. The largest absolute Gasteiger partial charge is 0.507 e. The van der Waals surface area contributed by atoms with Crippen molar-refractivity contribution in [2.75, 3.05) is 33.8 Å². The number of amides is 1. The second kappa shape index (κ2) is 9.37. The van der Waals surface area contributed by atoms with E-state index in [-0.39, 0.29) is 11.3 Å². The van der Waals surface area contributed by atoms with Crippen LogP contribution in [0.15, 0.2) is 67.0 Å². The number of likely N-dealkylation sites (tertiary alicyclic amines) is 1. The highest BCUT2D eigenvalue weighted by Gasteiger charge is 2.46. The minimum Gasteiger partial charge on any atom is -0.507 e. The third kappa shape index (κ3) is 4.41. The second-order valence-electron chi connectivity index (χ2n) is 7.20. The van der Waals surface area contributed by atoms with Crippen LogP contribution in [0.25, 0.3) is 5.76 Å². The smallest absolute Gasteiger partial charge is 0.295 e. The normalized spacial score (nSPS) is 18.1. The first-order valence-corrected chi connectivity index (χ1v) is 9.61. The molecule has 1 aromatic heterocycles. The molecule has 1 aliphatic rings. The van der Waals surface area contributed by atoms with Gasteiger partial charge in [0, 0.05) is 31.0 Å². The Labute approximate surface area is 175 Å². The van der Waals surface area contributed by atoms with Crippen molar-refractivity contribution >= 4 is 17.4 Å². The number of aromatic nitrogens is 1. The van der Waals surface area contributed by atoms with Gasteiger partial charge in [-0.15, -0.1) is 0 Å². The van der Waals surface area contributed by atoms with Gasteiger partial charge in [-0.05, 0) is 43.9 Å². The van der Waals surface area contributed by atoms with E-state index in [9.17, 15) is 14.7 Å². The van der Waals surface area contributed by atoms with Gasteiger partial charge in [-0.1, -0.05) is 24.8 Å². The molecule has 0 aliphatic carbocycles. The number of pyridine rings is 1. The molecule has 0 saturated carbocycles. The predicted molar refractivity (Wildman–Crippen MR) is 114 cm³/mol. The number of carbonyl (C=O) groups is 2. The number of likely N-dealkylation sites (N-methyl/N-ethyl adjacent to an activating group) is 1. The van der Waals surface area contributed by atoms with Gasteiger partial charge < -0.3 is 19.6 Å².